The van der Waals surface area contributed by atoms with Crippen LogP contribution in [-0.2, 0) is 0 Å². The van der Waals surface area contributed by atoms with Gasteiger partial charge in [0.25, 0.3) is 0 Å². The zero-order valence-electron chi connectivity index (χ0n) is 13.5. The van der Waals surface area contributed by atoms with Gasteiger partial charge in [0.15, 0.2) is 0 Å². The Morgan fingerprint density at radius 1 is 1.00 bits per heavy atom. The molecule has 20 heavy (non-hydrogen) atoms. The fraction of sp³-hybridized carbons (Fsp3) is 0.688. The summed E-state index contributed by atoms with van der Waals surface area (Å²) in [6.07, 6.45) is 5.04. The van der Waals surface area contributed by atoms with Gasteiger partial charge in [-0.1, -0.05) is 13.8 Å². The highest BCUT2D eigenvalue weighted by Crippen LogP contribution is 2.17. The van der Waals surface area contributed by atoms with Crippen LogP contribution >= 0.6 is 0 Å². The molecule has 4 nitrogen and oxygen atoms in total. The molecule has 0 aliphatic carbocycles. The smallest absolute Gasteiger partial charge is 0.0573 e. The molecule has 0 atom stereocenters. The van der Waals surface area contributed by atoms with Crippen LogP contribution in [0.5, 0.6) is 0 Å². The monoisotopic (exact) mass is 278 g/mol. The molecule has 0 bridgehead atoms. The normalized spacial score (nSPS) is 10.8. The van der Waals surface area contributed by atoms with Crippen molar-refractivity contribution in [1.29, 1.82) is 0 Å². The Morgan fingerprint density at radius 2 is 1.75 bits per heavy atom. The van der Waals surface area contributed by atoms with Gasteiger partial charge in [-0.2, -0.15) is 0 Å². The Kier molecular flexibility index (Phi) is 8.04. The van der Waals surface area contributed by atoms with Gasteiger partial charge in [0.05, 0.1) is 23.8 Å². The van der Waals surface area contributed by atoms with Crippen LogP contribution in [0.3, 0.4) is 0 Å². The van der Waals surface area contributed by atoms with Gasteiger partial charge < -0.3 is 15.1 Å². The molecule has 0 spiro atoms. The lowest BCUT2D eigenvalue weighted by atomic mass is 10.3. The molecule has 114 valence electrons. The summed E-state index contributed by atoms with van der Waals surface area (Å²) >= 11 is 0. The zero-order chi connectivity index (χ0) is 14.8. The van der Waals surface area contributed by atoms with Crippen LogP contribution in [0.4, 0.5) is 11.4 Å². The molecular formula is C16H30N4. The summed E-state index contributed by atoms with van der Waals surface area (Å²) in [6, 6.07) is 2.19. The minimum atomic E-state index is 0.930. The average molecular weight is 278 g/mol. The standard InChI is InChI=1S/C16H30N4/c1-5-18-15-12-16(14-17-13-15)20(8-4)11-9-10-19(6-2)7-3/h12-14,18H,5-11H2,1-4H3. The predicted octanol–water partition coefficient (Wildman–Crippen LogP) is 3.07. The van der Waals surface area contributed by atoms with Crippen molar-refractivity contribution in [2.45, 2.75) is 34.1 Å². The molecule has 0 saturated carbocycles. The minimum Gasteiger partial charge on any atom is -0.384 e. The lowest BCUT2D eigenvalue weighted by Crippen LogP contribution is -2.30. The molecule has 1 N–H and O–H groups in total. The third-order valence-electron chi connectivity index (χ3n) is 3.65. The van der Waals surface area contributed by atoms with E-state index >= 15 is 0 Å². The van der Waals surface area contributed by atoms with Crippen molar-refractivity contribution in [2.75, 3.05) is 49.5 Å². The molecule has 0 radical (unpaired) electrons. The summed E-state index contributed by atoms with van der Waals surface area (Å²) in [5, 5.41) is 3.32. The molecule has 1 aromatic heterocycles. The molecule has 0 aromatic carbocycles. The predicted molar refractivity (Wildman–Crippen MR) is 88.7 cm³/mol. The molecule has 0 aliphatic rings. The number of hydrogen-bond acceptors (Lipinski definition) is 4. The van der Waals surface area contributed by atoms with Crippen molar-refractivity contribution in [1.82, 2.24) is 9.88 Å². The highest BCUT2D eigenvalue weighted by molar-refractivity contribution is 5.55. The second-order valence-electron chi connectivity index (χ2n) is 4.92. The van der Waals surface area contributed by atoms with E-state index in [1.54, 1.807) is 0 Å². The largest absolute Gasteiger partial charge is 0.384 e. The van der Waals surface area contributed by atoms with E-state index in [2.05, 4.69) is 53.9 Å². The SMILES string of the molecule is CCNc1cncc(N(CC)CCCN(CC)CC)c1. The van der Waals surface area contributed by atoms with Crippen molar-refractivity contribution < 1.29 is 0 Å². The van der Waals surface area contributed by atoms with E-state index in [-0.39, 0.29) is 0 Å². The lowest BCUT2D eigenvalue weighted by molar-refractivity contribution is 0.301. The number of aromatic nitrogens is 1. The molecule has 4 heteroatoms. The number of hydrogen-bond donors (Lipinski definition) is 1. The van der Waals surface area contributed by atoms with Crippen LogP contribution in [0.15, 0.2) is 18.5 Å². The Bertz CT molecular complexity index is 363. The average Bonchev–Trinajstić information content (AvgIpc) is 2.48. The third-order valence-corrected chi connectivity index (χ3v) is 3.65. The van der Waals surface area contributed by atoms with E-state index in [1.165, 1.54) is 18.7 Å². The number of nitrogens with zero attached hydrogens (tertiary/aromatic N) is 3. The molecule has 0 saturated heterocycles. The number of rotatable bonds is 10. The van der Waals surface area contributed by atoms with Crippen LogP contribution in [0.1, 0.15) is 34.1 Å². The Labute approximate surface area is 124 Å². The highest BCUT2D eigenvalue weighted by Gasteiger charge is 2.06. The summed E-state index contributed by atoms with van der Waals surface area (Å²) < 4.78 is 0. The van der Waals surface area contributed by atoms with Crippen LogP contribution < -0.4 is 10.2 Å². The van der Waals surface area contributed by atoms with Gasteiger partial charge >= 0.3 is 0 Å². The van der Waals surface area contributed by atoms with E-state index in [0.717, 1.165) is 38.4 Å². The molecule has 0 fully saturated rings. The Morgan fingerprint density at radius 3 is 2.35 bits per heavy atom. The van der Waals surface area contributed by atoms with Gasteiger partial charge in [-0.05, 0) is 46.0 Å². The van der Waals surface area contributed by atoms with Crippen molar-refractivity contribution in [3.63, 3.8) is 0 Å². The van der Waals surface area contributed by atoms with Gasteiger partial charge in [0, 0.05) is 19.6 Å². The molecule has 1 aromatic rings. The van der Waals surface area contributed by atoms with E-state index < -0.39 is 0 Å². The van der Waals surface area contributed by atoms with Crippen LogP contribution in [0, 0.1) is 0 Å². The summed E-state index contributed by atoms with van der Waals surface area (Å²) in [5.74, 6) is 0. The topological polar surface area (TPSA) is 31.4 Å². The second kappa shape index (κ2) is 9.59. The van der Waals surface area contributed by atoms with Gasteiger partial charge in [0.2, 0.25) is 0 Å². The summed E-state index contributed by atoms with van der Waals surface area (Å²) in [5.41, 5.74) is 2.32. The van der Waals surface area contributed by atoms with E-state index in [9.17, 15) is 0 Å². The maximum Gasteiger partial charge on any atom is 0.0573 e. The lowest BCUT2D eigenvalue weighted by Gasteiger charge is -2.25. The Hall–Kier alpha value is -1.29. The van der Waals surface area contributed by atoms with Gasteiger partial charge in [-0.3, -0.25) is 4.98 Å². The third kappa shape index (κ3) is 5.37. The fourth-order valence-electron chi connectivity index (χ4n) is 2.40. The quantitative estimate of drug-likeness (QED) is 0.713. The number of nitrogens with one attached hydrogen (secondary N) is 1. The minimum absolute atomic E-state index is 0.930. The Balaban J connectivity index is 2.54. The van der Waals surface area contributed by atoms with E-state index in [0.29, 0.717) is 0 Å². The molecule has 1 rings (SSSR count). The first-order chi connectivity index (χ1) is 9.74. The van der Waals surface area contributed by atoms with Crippen molar-refractivity contribution in [3.05, 3.63) is 18.5 Å². The van der Waals surface area contributed by atoms with Crippen molar-refractivity contribution >= 4 is 11.4 Å². The van der Waals surface area contributed by atoms with Crippen molar-refractivity contribution in [3.8, 4) is 0 Å². The first-order valence-corrected chi connectivity index (χ1v) is 7.91. The van der Waals surface area contributed by atoms with Gasteiger partial charge in [0.1, 0.15) is 0 Å². The van der Waals surface area contributed by atoms with Gasteiger partial charge in [-0.25, -0.2) is 0 Å². The first-order valence-electron chi connectivity index (χ1n) is 7.91. The van der Waals surface area contributed by atoms with Crippen LogP contribution in [0.25, 0.3) is 0 Å². The number of pyridine rings is 1. The first kappa shape index (κ1) is 16.8. The molecular weight excluding hydrogens is 248 g/mol. The van der Waals surface area contributed by atoms with E-state index in [4.69, 9.17) is 0 Å². The highest BCUT2D eigenvalue weighted by atomic mass is 15.1. The maximum absolute atomic E-state index is 4.33. The molecule has 0 aliphatic heterocycles. The van der Waals surface area contributed by atoms with E-state index in [1.807, 2.05) is 12.4 Å². The summed E-state index contributed by atoms with van der Waals surface area (Å²) in [7, 11) is 0. The summed E-state index contributed by atoms with van der Waals surface area (Å²) in [6.45, 7) is 15.3. The zero-order valence-corrected chi connectivity index (χ0v) is 13.5. The van der Waals surface area contributed by atoms with Crippen molar-refractivity contribution in [2.24, 2.45) is 0 Å². The molecule has 0 amide bonds. The second-order valence-corrected chi connectivity index (χ2v) is 4.92. The number of anilines is 2. The van der Waals surface area contributed by atoms with Crippen LogP contribution in [-0.4, -0.2) is 49.2 Å². The molecule has 1 heterocycles. The molecule has 0 unspecified atom stereocenters. The summed E-state index contributed by atoms with van der Waals surface area (Å²) in [4.78, 5) is 9.21. The fourth-order valence-corrected chi connectivity index (χ4v) is 2.40. The maximum atomic E-state index is 4.33. The van der Waals surface area contributed by atoms with Gasteiger partial charge in [-0.15, -0.1) is 0 Å². The van der Waals surface area contributed by atoms with Crippen LogP contribution in [0.2, 0.25) is 0 Å².